The van der Waals surface area contributed by atoms with Crippen molar-refractivity contribution in [3.63, 3.8) is 0 Å². The van der Waals surface area contributed by atoms with Crippen LogP contribution in [0.5, 0.6) is 0 Å². The maximum atomic E-state index is 2.36. The first-order chi connectivity index (χ1) is 6.50. The molecule has 0 heterocycles. The van der Waals surface area contributed by atoms with E-state index in [1.165, 1.54) is 14.8 Å². The number of rotatable bonds is 3. The standard InChI is InChI=1S/C8H8I4N2/c1-13(10)8-4-6(5-14(11)12)2-3-7(8)9/h2-4H,5H2,1H3. The Morgan fingerprint density at radius 2 is 1.86 bits per heavy atom. The zero-order valence-corrected chi connectivity index (χ0v) is 16.0. The lowest BCUT2D eigenvalue weighted by Crippen LogP contribution is -2.04. The molecule has 0 aliphatic rings. The zero-order chi connectivity index (χ0) is 10.7. The van der Waals surface area contributed by atoms with Gasteiger partial charge in [0.2, 0.25) is 0 Å². The number of hydrogen-bond acceptors (Lipinski definition) is 2. The first kappa shape index (κ1) is 14.0. The van der Waals surface area contributed by atoms with E-state index in [0.29, 0.717) is 0 Å². The molecule has 78 valence electrons. The van der Waals surface area contributed by atoms with E-state index < -0.39 is 0 Å². The molecule has 0 fully saturated rings. The third-order valence-electron chi connectivity index (χ3n) is 1.64. The number of anilines is 1. The van der Waals surface area contributed by atoms with Gasteiger partial charge in [-0.25, -0.2) is 0 Å². The molecule has 0 atom stereocenters. The maximum Gasteiger partial charge on any atom is 0.0590 e. The highest BCUT2D eigenvalue weighted by Gasteiger charge is 2.05. The second kappa shape index (κ2) is 6.59. The smallest absolute Gasteiger partial charge is 0.0590 e. The van der Waals surface area contributed by atoms with Gasteiger partial charge in [-0.15, -0.1) is 0 Å². The summed E-state index contributed by atoms with van der Waals surface area (Å²) in [5, 5.41) is 0. The molecule has 0 amide bonds. The molecule has 0 saturated carbocycles. The van der Waals surface area contributed by atoms with Crippen LogP contribution in [-0.2, 0) is 6.54 Å². The molecule has 0 aromatic heterocycles. The lowest BCUT2D eigenvalue weighted by atomic mass is 10.2. The summed E-state index contributed by atoms with van der Waals surface area (Å²) in [6, 6.07) is 6.57. The zero-order valence-electron chi connectivity index (χ0n) is 7.35. The van der Waals surface area contributed by atoms with Crippen molar-refractivity contribution >= 4 is 96.9 Å². The third kappa shape index (κ3) is 4.41. The molecule has 0 spiro atoms. The van der Waals surface area contributed by atoms with Crippen LogP contribution in [0, 0.1) is 3.57 Å². The van der Waals surface area contributed by atoms with Crippen LogP contribution in [0.15, 0.2) is 18.2 Å². The normalized spacial score (nSPS) is 10.7. The van der Waals surface area contributed by atoms with Crippen LogP contribution in [0.3, 0.4) is 0 Å². The van der Waals surface area contributed by atoms with Crippen molar-refractivity contribution in [3.8, 4) is 0 Å². The Morgan fingerprint density at radius 1 is 1.21 bits per heavy atom. The van der Waals surface area contributed by atoms with Gasteiger partial charge >= 0.3 is 0 Å². The monoisotopic (exact) mass is 640 g/mol. The van der Waals surface area contributed by atoms with Crippen molar-refractivity contribution in [2.75, 3.05) is 10.2 Å². The van der Waals surface area contributed by atoms with Crippen molar-refractivity contribution in [2.45, 2.75) is 6.54 Å². The molecule has 0 aliphatic carbocycles. The van der Waals surface area contributed by atoms with Crippen LogP contribution >= 0.6 is 91.2 Å². The average molecular weight is 640 g/mol. The fraction of sp³-hybridized carbons (Fsp3) is 0.250. The molecule has 0 unspecified atom stereocenters. The highest BCUT2D eigenvalue weighted by Crippen LogP contribution is 2.26. The summed E-state index contributed by atoms with van der Waals surface area (Å²) in [5.41, 5.74) is 2.62. The quantitative estimate of drug-likeness (QED) is 0.353. The lowest BCUT2D eigenvalue weighted by molar-refractivity contribution is 0.833. The first-order valence-electron chi connectivity index (χ1n) is 3.77. The molecular formula is C8H8I4N2. The number of benzene rings is 1. The highest BCUT2D eigenvalue weighted by molar-refractivity contribution is 14.2. The summed E-state index contributed by atoms with van der Waals surface area (Å²) in [6.45, 7) is 0.968. The largest absolute Gasteiger partial charge is 0.317 e. The van der Waals surface area contributed by atoms with Crippen molar-refractivity contribution in [1.29, 1.82) is 0 Å². The minimum Gasteiger partial charge on any atom is -0.317 e. The predicted octanol–water partition coefficient (Wildman–Crippen LogP) is 4.58. The summed E-state index contributed by atoms with van der Waals surface area (Å²) in [4.78, 5) is 0. The minimum atomic E-state index is 0.968. The molecule has 0 aliphatic heterocycles. The van der Waals surface area contributed by atoms with E-state index in [4.69, 9.17) is 0 Å². The Kier molecular flexibility index (Phi) is 6.57. The summed E-state index contributed by atoms with van der Waals surface area (Å²) in [5.74, 6) is 0. The van der Waals surface area contributed by atoms with E-state index in [9.17, 15) is 0 Å². The van der Waals surface area contributed by atoms with Crippen molar-refractivity contribution < 1.29 is 0 Å². The van der Waals surface area contributed by atoms with Crippen LogP contribution in [0.4, 0.5) is 5.69 Å². The summed E-state index contributed by atoms with van der Waals surface area (Å²) in [6.07, 6.45) is 0. The van der Waals surface area contributed by atoms with Gasteiger partial charge in [-0.1, -0.05) is 6.07 Å². The molecule has 1 aromatic carbocycles. The number of hydrogen-bond donors (Lipinski definition) is 0. The van der Waals surface area contributed by atoms with Crippen LogP contribution < -0.4 is 3.11 Å². The van der Waals surface area contributed by atoms with Gasteiger partial charge in [-0.05, 0) is 40.3 Å². The van der Waals surface area contributed by atoms with Crippen molar-refractivity contribution in [3.05, 3.63) is 27.3 Å². The maximum absolute atomic E-state index is 2.36. The van der Waals surface area contributed by atoms with E-state index >= 15 is 0 Å². The van der Waals surface area contributed by atoms with Gasteiger partial charge in [0.1, 0.15) is 0 Å². The van der Waals surface area contributed by atoms with Gasteiger partial charge in [0.15, 0.2) is 0 Å². The van der Waals surface area contributed by atoms with Crippen molar-refractivity contribution in [2.24, 2.45) is 0 Å². The van der Waals surface area contributed by atoms with Crippen molar-refractivity contribution in [1.82, 2.24) is 1.33 Å². The van der Waals surface area contributed by atoms with Gasteiger partial charge in [0, 0.05) is 62.9 Å². The van der Waals surface area contributed by atoms with Gasteiger partial charge in [0.25, 0.3) is 0 Å². The second-order valence-electron chi connectivity index (χ2n) is 2.72. The molecule has 1 rings (SSSR count). The summed E-state index contributed by atoms with van der Waals surface area (Å²) < 4.78 is 5.53. The predicted molar refractivity (Wildman–Crippen MR) is 95.2 cm³/mol. The van der Waals surface area contributed by atoms with Crippen LogP contribution in [0.2, 0.25) is 0 Å². The van der Waals surface area contributed by atoms with Gasteiger partial charge in [-0.2, -0.15) is 1.33 Å². The Bertz CT molecular complexity index is 314. The highest BCUT2D eigenvalue weighted by atomic mass is 127. The van der Waals surface area contributed by atoms with Gasteiger partial charge < -0.3 is 3.11 Å². The average Bonchev–Trinajstić information content (AvgIpc) is 2.07. The molecule has 6 heteroatoms. The van der Waals surface area contributed by atoms with Crippen LogP contribution in [0.25, 0.3) is 0 Å². The summed E-state index contributed by atoms with van der Waals surface area (Å²) >= 11 is 9.23. The van der Waals surface area contributed by atoms with E-state index in [-0.39, 0.29) is 0 Å². The molecule has 14 heavy (non-hydrogen) atoms. The SMILES string of the molecule is CN(I)c1cc(CN(I)I)ccc1I. The van der Waals surface area contributed by atoms with Crippen LogP contribution in [-0.4, -0.2) is 8.37 Å². The molecule has 2 nitrogen and oxygen atoms in total. The van der Waals surface area contributed by atoms with E-state index in [0.717, 1.165) is 6.54 Å². The lowest BCUT2D eigenvalue weighted by Gasteiger charge is -2.14. The fourth-order valence-corrected chi connectivity index (χ4v) is 3.38. The topological polar surface area (TPSA) is 6.48 Å². The molecule has 0 radical (unpaired) electrons. The minimum absolute atomic E-state index is 0.968. The van der Waals surface area contributed by atoms with Crippen LogP contribution in [0.1, 0.15) is 5.56 Å². The third-order valence-corrected chi connectivity index (χ3v) is 3.76. The fourth-order valence-electron chi connectivity index (χ4n) is 1.03. The second-order valence-corrected chi connectivity index (χ2v) is 9.51. The molecule has 1 aromatic rings. The Labute approximate surface area is 140 Å². The Balaban J connectivity index is 2.94. The van der Waals surface area contributed by atoms with Gasteiger partial charge in [-0.3, -0.25) is 0 Å². The van der Waals surface area contributed by atoms with E-state index in [1.54, 1.807) is 0 Å². The number of nitrogens with zero attached hydrogens (tertiary/aromatic N) is 2. The van der Waals surface area contributed by atoms with E-state index in [2.05, 4.69) is 121 Å². The number of halogens is 4. The van der Waals surface area contributed by atoms with E-state index in [1.807, 2.05) is 0 Å². The first-order valence-corrected chi connectivity index (χ1v) is 7.75. The Hall–Kier alpha value is 1.90. The molecule has 0 bridgehead atoms. The molecule has 0 N–H and O–H groups in total. The summed E-state index contributed by atoms with van der Waals surface area (Å²) in [7, 11) is 2.06. The molecule has 0 saturated heterocycles. The Morgan fingerprint density at radius 3 is 2.36 bits per heavy atom. The molecular weight excluding hydrogens is 632 g/mol. The van der Waals surface area contributed by atoms with Gasteiger partial charge in [0.05, 0.1) is 28.6 Å².